The van der Waals surface area contributed by atoms with Crippen molar-refractivity contribution in [2.24, 2.45) is 0 Å². The van der Waals surface area contributed by atoms with E-state index in [0.717, 1.165) is 0 Å². The van der Waals surface area contributed by atoms with E-state index >= 15 is 0 Å². The molecule has 0 saturated carbocycles. The molecule has 2 aromatic rings. The number of alkyl halides is 1. The van der Waals surface area contributed by atoms with Gasteiger partial charge < -0.3 is 9.64 Å². The molecule has 1 aliphatic heterocycles. The minimum Gasteiger partial charge on any atom is -0.465 e. The largest absolute Gasteiger partial charge is 0.465 e. The van der Waals surface area contributed by atoms with Gasteiger partial charge in [0.05, 0.1) is 40.6 Å². The summed E-state index contributed by atoms with van der Waals surface area (Å²) in [6, 6.07) is 11.1. The number of nitrogens with zero attached hydrogens (tertiary/aromatic N) is 2. The number of sulfonamides is 1. The number of rotatable bonds is 6. The van der Waals surface area contributed by atoms with Crippen LogP contribution >= 0.6 is 0 Å². The van der Waals surface area contributed by atoms with Crippen LogP contribution < -0.4 is 9.62 Å². The van der Waals surface area contributed by atoms with Crippen molar-refractivity contribution >= 4 is 27.4 Å². The Morgan fingerprint density at radius 3 is 2.58 bits per heavy atom. The van der Waals surface area contributed by atoms with E-state index in [1.165, 1.54) is 25.3 Å². The second-order valence-corrected chi connectivity index (χ2v) is 8.93. The van der Waals surface area contributed by atoms with E-state index in [1.54, 1.807) is 18.2 Å². The van der Waals surface area contributed by atoms with Crippen LogP contribution in [0.5, 0.6) is 0 Å². The molecule has 1 heterocycles. The van der Waals surface area contributed by atoms with E-state index in [2.05, 4.69) is 4.72 Å². The zero-order valence-corrected chi connectivity index (χ0v) is 18.2. The highest BCUT2D eigenvalue weighted by Crippen LogP contribution is 2.32. The van der Waals surface area contributed by atoms with Crippen LogP contribution in [0.15, 0.2) is 41.3 Å². The smallest absolute Gasteiger partial charge is 0.337 e. The molecule has 0 spiro atoms. The number of carbonyl (C=O) groups is 1. The van der Waals surface area contributed by atoms with E-state index in [-0.39, 0.29) is 16.1 Å². The van der Waals surface area contributed by atoms with Crippen LogP contribution in [0.25, 0.3) is 0 Å². The third-order valence-electron chi connectivity index (χ3n) is 5.29. The number of halogens is 1. The molecule has 1 N–H and O–H groups in total. The summed E-state index contributed by atoms with van der Waals surface area (Å²) < 4.78 is 47.5. The number of carbonyl (C=O) groups excluding carboxylic acids is 1. The van der Waals surface area contributed by atoms with Gasteiger partial charge >= 0.3 is 5.97 Å². The van der Waals surface area contributed by atoms with E-state index in [9.17, 15) is 22.9 Å². The summed E-state index contributed by atoms with van der Waals surface area (Å²) in [5.41, 5.74) is 1.77. The molecule has 7 nitrogen and oxygen atoms in total. The van der Waals surface area contributed by atoms with Crippen LogP contribution in [-0.4, -0.2) is 40.8 Å². The summed E-state index contributed by atoms with van der Waals surface area (Å²) >= 11 is 0. The van der Waals surface area contributed by atoms with Crippen molar-refractivity contribution < 1.29 is 22.3 Å². The lowest BCUT2D eigenvalue weighted by atomic mass is 10.1. The fourth-order valence-corrected chi connectivity index (χ4v) is 5.00. The minimum atomic E-state index is -4.09. The van der Waals surface area contributed by atoms with Crippen molar-refractivity contribution in [1.29, 1.82) is 5.26 Å². The van der Waals surface area contributed by atoms with E-state index in [0.29, 0.717) is 49.2 Å². The highest BCUT2D eigenvalue weighted by Gasteiger charge is 2.25. The van der Waals surface area contributed by atoms with Crippen LogP contribution in [0.2, 0.25) is 0 Å². The van der Waals surface area contributed by atoms with Crippen molar-refractivity contribution in [3.8, 4) is 6.07 Å². The van der Waals surface area contributed by atoms with Crippen molar-refractivity contribution in [3.05, 3.63) is 53.1 Å². The number of piperidine rings is 1. The molecule has 0 atom stereocenters. The first-order valence-electron chi connectivity index (χ1n) is 9.96. The highest BCUT2D eigenvalue weighted by molar-refractivity contribution is 7.92. The molecule has 1 fully saturated rings. The zero-order chi connectivity index (χ0) is 22.6. The van der Waals surface area contributed by atoms with Gasteiger partial charge in [0.1, 0.15) is 6.17 Å². The standard InChI is InChI=1S/C22H24FN3O4S/c1-3-16-5-6-17(22(27)30-2)13-21(16)31(28,29)25-19-12-15(14-24)4-7-20(19)26-10-8-18(23)9-11-26/h4-7,12-13,18,25H,3,8-11H2,1-2H3. The maximum Gasteiger partial charge on any atom is 0.337 e. The molecule has 9 heteroatoms. The maximum atomic E-state index is 13.6. The zero-order valence-electron chi connectivity index (χ0n) is 17.4. The molecule has 1 saturated heterocycles. The molecular formula is C22H24FN3O4S. The molecule has 0 amide bonds. The summed E-state index contributed by atoms with van der Waals surface area (Å²) in [4.78, 5) is 13.8. The highest BCUT2D eigenvalue weighted by atomic mass is 32.2. The Morgan fingerprint density at radius 1 is 1.26 bits per heavy atom. The normalized spacial score (nSPS) is 14.7. The number of benzene rings is 2. The van der Waals surface area contributed by atoms with Gasteiger partial charge in [-0.05, 0) is 55.2 Å². The SMILES string of the molecule is CCc1ccc(C(=O)OC)cc1S(=O)(=O)Nc1cc(C#N)ccc1N1CCC(F)CC1. The Balaban J connectivity index is 2.03. The third-order valence-corrected chi connectivity index (χ3v) is 6.74. The average molecular weight is 446 g/mol. The average Bonchev–Trinajstić information content (AvgIpc) is 2.78. The lowest BCUT2D eigenvalue weighted by Crippen LogP contribution is -2.35. The first-order valence-corrected chi connectivity index (χ1v) is 11.4. The van der Waals surface area contributed by atoms with Crippen molar-refractivity contribution in [2.45, 2.75) is 37.3 Å². The van der Waals surface area contributed by atoms with E-state index < -0.39 is 22.2 Å². The van der Waals surface area contributed by atoms with E-state index in [4.69, 9.17) is 4.74 Å². The number of hydrogen-bond acceptors (Lipinski definition) is 6. The Hall–Kier alpha value is -3.12. The van der Waals surface area contributed by atoms with Gasteiger partial charge in [-0.3, -0.25) is 4.72 Å². The molecule has 164 valence electrons. The molecule has 1 aliphatic rings. The Bertz CT molecular complexity index is 1120. The molecule has 31 heavy (non-hydrogen) atoms. The monoisotopic (exact) mass is 445 g/mol. The maximum absolute atomic E-state index is 13.6. The number of aryl methyl sites for hydroxylation is 1. The van der Waals surface area contributed by atoms with Gasteiger partial charge in [0.2, 0.25) is 0 Å². The van der Waals surface area contributed by atoms with Gasteiger partial charge in [-0.2, -0.15) is 5.26 Å². The topological polar surface area (TPSA) is 99.5 Å². The number of hydrogen-bond donors (Lipinski definition) is 1. The fraction of sp³-hybridized carbons (Fsp3) is 0.364. The van der Waals surface area contributed by atoms with Gasteiger partial charge in [0.15, 0.2) is 0 Å². The summed E-state index contributed by atoms with van der Waals surface area (Å²) in [5.74, 6) is -0.639. The Kier molecular flexibility index (Phi) is 6.81. The van der Waals surface area contributed by atoms with Gasteiger partial charge in [0.25, 0.3) is 10.0 Å². The first kappa shape index (κ1) is 22.6. The lowest BCUT2D eigenvalue weighted by molar-refractivity contribution is 0.0600. The van der Waals surface area contributed by atoms with Crippen molar-refractivity contribution in [1.82, 2.24) is 0 Å². The van der Waals surface area contributed by atoms with Gasteiger partial charge in [-0.1, -0.05) is 13.0 Å². The second kappa shape index (κ2) is 9.35. The number of methoxy groups -OCH3 is 1. The minimum absolute atomic E-state index is 0.0336. The third kappa shape index (κ3) is 4.97. The first-order chi connectivity index (χ1) is 14.8. The molecule has 0 unspecified atom stereocenters. The summed E-state index contributed by atoms with van der Waals surface area (Å²) in [6.45, 7) is 2.70. The predicted molar refractivity (Wildman–Crippen MR) is 115 cm³/mol. The molecule has 0 bridgehead atoms. The van der Waals surface area contributed by atoms with Crippen LogP contribution in [0.3, 0.4) is 0 Å². The summed E-state index contributed by atoms with van der Waals surface area (Å²) in [7, 11) is -2.86. The predicted octanol–water partition coefficient (Wildman–Crippen LogP) is 3.65. The van der Waals surface area contributed by atoms with Crippen molar-refractivity contribution in [2.75, 3.05) is 29.8 Å². The Morgan fingerprint density at radius 2 is 1.97 bits per heavy atom. The molecule has 2 aromatic carbocycles. The quantitative estimate of drug-likeness (QED) is 0.682. The van der Waals surface area contributed by atoms with Crippen LogP contribution in [-0.2, 0) is 21.2 Å². The molecule has 3 rings (SSSR count). The lowest BCUT2D eigenvalue weighted by Gasteiger charge is -2.32. The number of ether oxygens (including phenoxy) is 1. The van der Waals surface area contributed by atoms with E-state index in [1.807, 2.05) is 17.9 Å². The number of esters is 1. The van der Waals surface area contributed by atoms with Crippen molar-refractivity contribution in [3.63, 3.8) is 0 Å². The number of nitrogens with one attached hydrogen (secondary N) is 1. The van der Waals surface area contributed by atoms with Gasteiger partial charge in [-0.25, -0.2) is 17.6 Å². The van der Waals surface area contributed by atoms with Crippen LogP contribution in [0, 0.1) is 11.3 Å². The van der Waals surface area contributed by atoms with Gasteiger partial charge in [0, 0.05) is 13.1 Å². The number of anilines is 2. The second-order valence-electron chi connectivity index (χ2n) is 7.28. The molecular weight excluding hydrogens is 421 g/mol. The molecule has 0 aromatic heterocycles. The summed E-state index contributed by atoms with van der Waals surface area (Å²) in [5, 5.41) is 9.28. The summed E-state index contributed by atoms with van der Waals surface area (Å²) in [6.07, 6.45) is 0.274. The Labute approximate surface area is 181 Å². The number of nitriles is 1. The molecule has 0 aliphatic carbocycles. The van der Waals surface area contributed by atoms with Crippen LogP contribution in [0.4, 0.5) is 15.8 Å². The van der Waals surface area contributed by atoms with Crippen LogP contribution in [0.1, 0.15) is 41.3 Å². The van der Waals surface area contributed by atoms with Gasteiger partial charge in [-0.15, -0.1) is 0 Å². The molecule has 0 radical (unpaired) electrons. The fourth-order valence-electron chi connectivity index (χ4n) is 3.59.